The van der Waals surface area contributed by atoms with Gasteiger partial charge in [0.15, 0.2) is 6.61 Å². The van der Waals surface area contributed by atoms with Crippen LogP contribution in [0.1, 0.15) is 33.9 Å². The minimum Gasteiger partial charge on any atom is -0.497 e. The van der Waals surface area contributed by atoms with E-state index in [1.807, 2.05) is 42.5 Å². The molecule has 3 aromatic rings. The third-order valence-corrected chi connectivity index (χ3v) is 5.40. The number of ether oxygens (including phenoxy) is 3. The van der Waals surface area contributed by atoms with Crippen molar-refractivity contribution in [2.45, 2.75) is 19.1 Å². The number of amides is 1. The van der Waals surface area contributed by atoms with Gasteiger partial charge in [-0.15, -0.1) is 0 Å². The van der Waals surface area contributed by atoms with Crippen LogP contribution in [0.4, 0.5) is 8.78 Å². The molecule has 1 atom stereocenters. The second kappa shape index (κ2) is 10.8. The van der Waals surface area contributed by atoms with Crippen LogP contribution in [-0.4, -0.2) is 42.9 Å². The Bertz CT molecular complexity index is 1220. The number of rotatable bonds is 8. The summed E-state index contributed by atoms with van der Waals surface area (Å²) < 4.78 is 39.6. The minimum atomic E-state index is -3.02. The maximum Gasteiger partial charge on any atom is 0.387 e. The van der Waals surface area contributed by atoms with Crippen molar-refractivity contribution in [1.82, 2.24) is 5.01 Å². The number of benzene rings is 3. The van der Waals surface area contributed by atoms with Crippen LogP contribution in [0.2, 0.25) is 0 Å². The van der Waals surface area contributed by atoms with Crippen LogP contribution in [-0.2, 0) is 9.53 Å². The lowest BCUT2D eigenvalue weighted by Gasteiger charge is -2.22. The zero-order valence-corrected chi connectivity index (χ0v) is 18.8. The lowest BCUT2D eigenvalue weighted by Crippen LogP contribution is -2.31. The number of carbonyl (C=O) groups is 2. The monoisotopic (exact) mass is 480 g/mol. The van der Waals surface area contributed by atoms with Crippen LogP contribution in [0, 0.1) is 0 Å². The number of nitrogens with zero attached hydrogens (tertiary/aromatic N) is 2. The average Bonchev–Trinajstić information content (AvgIpc) is 3.33. The molecule has 35 heavy (non-hydrogen) atoms. The van der Waals surface area contributed by atoms with E-state index in [0.29, 0.717) is 12.2 Å². The van der Waals surface area contributed by atoms with Crippen molar-refractivity contribution in [1.29, 1.82) is 0 Å². The summed E-state index contributed by atoms with van der Waals surface area (Å²) in [5, 5.41) is 5.84. The summed E-state index contributed by atoms with van der Waals surface area (Å²) in [5.74, 6) is -0.867. The molecule has 0 radical (unpaired) electrons. The zero-order chi connectivity index (χ0) is 24.8. The Morgan fingerprint density at radius 2 is 1.74 bits per heavy atom. The Hall–Kier alpha value is -4.27. The molecule has 1 aliphatic heterocycles. The molecule has 1 heterocycles. The average molecular weight is 480 g/mol. The molecule has 180 valence electrons. The first kappa shape index (κ1) is 23.9. The van der Waals surface area contributed by atoms with Crippen LogP contribution < -0.4 is 9.47 Å². The Labute approximate surface area is 200 Å². The summed E-state index contributed by atoms with van der Waals surface area (Å²) in [5.41, 5.74) is 2.44. The van der Waals surface area contributed by atoms with Gasteiger partial charge in [0.05, 0.1) is 24.4 Å². The van der Waals surface area contributed by atoms with E-state index in [1.54, 1.807) is 19.2 Å². The predicted octanol–water partition coefficient (Wildman–Crippen LogP) is 4.83. The van der Waals surface area contributed by atoms with Crippen molar-refractivity contribution >= 4 is 17.6 Å². The van der Waals surface area contributed by atoms with E-state index >= 15 is 0 Å². The first-order valence-corrected chi connectivity index (χ1v) is 10.8. The number of methoxy groups -OCH3 is 1. The van der Waals surface area contributed by atoms with Gasteiger partial charge in [0.25, 0.3) is 5.91 Å². The van der Waals surface area contributed by atoms with E-state index in [1.165, 1.54) is 23.2 Å². The molecule has 0 aliphatic carbocycles. The molecule has 1 amide bonds. The van der Waals surface area contributed by atoms with Crippen LogP contribution in [0.3, 0.4) is 0 Å². The molecule has 1 aliphatic rings. The van der Waals surface area contributed by atoms with Crippen molar-refractivity contribution in [3.63, 3.8) is 0 Å². The van der Waals surface area contributed by atoms with Gasteiger partial charge in [-0.3, -0.25) is 4.79 Å². The molecule has 0 spiro atoms. The van der Waals surface area contributed by atoms with Crippen LogP contribution in [0.5, 0.6) is 11.5 Å². The lowest BCUT2D eigenvalue weighted by atomic mass is 9.98. The summed E-state index contributed by atoms with van der Waals surface area (Å²) in [7, 11) is 1.57. The van der Waals surface area contributed by atoms with E-state index in [-0.39, 0.29) is 11.3 Å². The quantitative estimate of drug-likeness (QED) is 0.432. The number of hydrogen-bond donors (Lipinski definition) is 0. The molecule has 0 bridgehead atoms. The van der Waals surface area contributed by atoms with Gasteiger partial charge in [-0.25, -0.2) is 9.80 Å². The summed E-state index contributed by atoms with van der Waals surface area (Å²) in [6, 6.07) is 21.6. The van der Waals surface area contributed by atoms with Gasteiger partial charge in [-0.1, -0.05) is 48.5 Å². The smallest absolute Gasteiger partial charge is 0.387 e. The standard InChI is InChI=1S/C26H22F2N2O5/c1-33-20-12-10-18(11-13-20)23-15-22(17-6-3-2-4-7-17)29-30(23)24(31)16-34-25(32)19-8-5-9-21(14-19)35-26(27)28/h2-14,23,26H,15-16H2,1H3/t23-/m1/s1. The van der Waals surface area contributed by atoms with Gasteiger partial charge < -0.3 is 14.2 Å². The lowest BCUT2D eigenvalue weighted by molar-refractivity contribution is -0.136. The number of esters is 1. The fourth-order valence-corrected chi connectivity index (χ4v) is 3.71. The largest absolute Gasteiger partial charge is 0.497 e. The van der Waals surface area contributed by atoms with Gasteiger partial charge in [-0.05, 0) is 41.5 Å². The van der Waals surface area contributed by atoms with Crippen LogP contribution >= 0.6 is 0 Å². The summed E-state index contributed by atoms with van der Waals surface area (Å²) in [6.45, 7) is -3.60. The Balaban J connectivity index is 1.50. The highest BCUT2D eigenvalue weighted by Gasteiger charge is 2.33. The number of hydrogen-bond acceptors (Lipinski definition) is 6. The van der Waals surface area contributed by atoms with E-state index in [2.05, 4.69) is 9.84 Å². The summed E-state index contributed by atoms with van der Waals surface area (Å²) in [4.78, 5) is 25.5. The normalized spacial score (nSPS) is 15.0. The highest BCUT2D eigenvalue weighted by atomic mass is 19.3. The molecule has 4 rings (SSSR count). The van der Waals surface area contributed by atoms with Crippen molar-refractivity contribution in [2.75, 3.05) is 13.7 Å². The fourth-order valence-electron chi connectivity index (χ4n) is 3.71. The fraction of sp³-hybridized carbons (Fsp3) is 0.192. The third kappa shape index (κ3) is 5.81. The predicted molar refractivity (Wildman–Crippen MR) is 124 cm³/mol. The Kier molecular flexibility index (Phi) is 7.35. The molecule has 0 saturated carbocycles. The zero-order valence-electron chi connectivity index (χ0n) is 18.8. The highest BCUT2D eigenvalue weighted by Crippen LogP contribution is 2.33. The number of hydrazone groups is 1. The maximum absolute atomic E-state index is 13.1. The summed E-state index contributed by atoms with van der Waals surface area (Å²) >= 11 is 0. The first-order valence-electron chi connectivity index (χ1n) is 10.8. The van der Waals surface area contributed by atoms with Gasteiger partial charge in [0.1, 0.15) is 11.5 Å². The number of carbonyl (C=O) groups excluding carboxylic acids is 2. The van der Waals surface area contributed by atoms with E-state index < -0.39 is 31.1 Å². The van der Waals surface area contributed by atoms with E-state index in [4.69, 9.17) is 9.47 Å². The molecule has 7 nitrogen and oxygen atoms in total. The molecular formula is C26H22F2N2O5. The SMILES string of the molecule is COc1ccc([C@H]2CC(c3ccccc3)=NN2C(=O)COC(=O)c2cccc(OC(F)F)c2)cc1. The van der Waals surface area contributed by atoms with Crippen LogP contribution in [0.15, 0.2) is 84.0 Å². The molecule has 0 aromatic heterocycles. The summed E-state index contributed by atoms with van der Waals surface area (Å²) in [6.07, 6.45) is 0.475. The Morgan fingerprint density at radius 1 is 1.00 bits per heavy atom. The van der Waals surface area contributed by atoms with Gasteiger partial charge in [0.2, 0.25) is 0 Å². The first-order chi connectivity index (χ1) is 16.9. The molecule has 0 saturated heterocycles. The third-order valence-electron chi connectivity index (χ3n) is 5.40. The molecule has 3 aromatic carbocycles. The second-order valence-corrected chi connectivity index (χ2v) is 7.63. The topological polar surface area (TPSA) is 77.4 Å². The molecular weight excluding hydrogens is 458 g/mol. The van der Waals surface area contributed by atoms with Crippen LogP contribution in [0.25, 0.3) is 0 Å². The van der Waals surface area contributed by atoms with Crippen molar-refractivity contribution in [2.24, 2.45) is 5.10 Å². The number of alkyl halides is 2. The van der Waals surface area contributed by atoms with Crippen molar-refractivity contribution in [3.8, 4) is 11.5 Å². The van der Waals surface area contributed by atoms with Crippen molar-refractivity contribution in [3.05, 3.63) is 95.6 Å². The Morgan fingerprint density at radius 3 is 2.43 bits per heavy atom. The second-order valence-electron chi connectivity index (χ2n) is 7.63. The van der Waals surface area contributed by atoms with Gasteiger partial charge >= 0.3 is 12.6 Å². The van der Waals surface area contributed by atoms with Crippen molar-refractivity contribution < 1.29 is 32.6 Å². The highest BCUT2D eigenvalue weighted by molar-refractivity contribution is 6.03. The molecule has 0 unspecified atom stereocenters. The van der Waals surface area contributed by atoms with Gasteiger partial charge in [0, 0.05) is 6.42 Å². The molecule has 0 fully saturated rings. The minimum absolute atomic E-state index is 0.0162. The molecule has 0 N–H and O–H groups in total. The van der Waals surface area contributed by atoms with E-state index in [0.717, 1.165) is 22.9 Å². The van der Waals surface area contributed by atoms with Gasteiger partial charge in [-0.2, -0.15) is 13.9 Å². The maximum atomic E-state index is 13.1. The molecule has 9 heteroatoms. The number of halogens is 2. The van der Waals surface area contributed by atoms with E-state index in [9.17, 15) is 18.4 Å².